The van der Waals surface area contributed by atoms with E-state index in [1.165, 1.54) is 37.3 Å². The average molecular weight is 258 g/mol. The molecule has 0 unspecified atom stereocenters. The molecule has 2 heteroatoms. The van der Waals surface area contributed by atoms with E-state index in [1.54, 1.807) is 0 Å². The first-order valence-electron chi connectivity index (χ1n) is 7.37. The van der Waals surface area contributed by atoms with Crippen LogP contribution >= 0.6 is 0 Å². The second-order valence-corrected chi connectivity index (χ2v) is 5.65. The molecule has 1 aromatic carbocycles. The van der Waals surface area contributed by atoms with Gasteiger partial charge in [-0.05, 0) is 31.9 Å². The molecule has 0 bridgehead atoms. The summed E-state index contributed by atoms with van der Waals surface area (Å²) in [5.41, 5.74) is 2.71. The Balaban J connectivity index is 1.85. The third kappa shape index (κ3) is 4.19. The summed E-state index contributed by atoms with van der Waals surface area (Å²) in [6.07, 6.45) is 4.23. The molecule has 1 saturated heterocycles. The molecule has 0 saturated carbocycles. The van der Waals surface area contributed by atoms with Crippen molar-refractivity contribution in [2.75, 3.05) is 26.2 Å². The van der Waals surface area contributed by atoms with Crippen LogP contribution in [0, 0.1) is 0 Å². The molecule has 104 valence electrons. The highest BCUT2D eigenvalue weighted by molar-refractivity contribution is 5.49. The van der Waals surface area contributed by atoms with Crippen molar-refractivity contribution in [3.8, 4) is 0 Å². The van der Waals surface area contributed by atoms with Gasteiger partial charge in [0.15, 0.2) is 0 Å². The monoisotopic (exact) mass is 258 g/mol. The molecule has 1 aliphatic rings. The van der Waals surface area contributed by atoms with Crippen molar-refractivity contribution in [1.29, 1.82) is 0 Å². The van der Waals surface area contributed by atoms with E-state index in [9.17, 15) is 0 Å². The first-order chi connectivity index (χ1) is 9.19. The number of nitrogens with zero attached hydrogens (tertiary/aromatic N) is 2. The van der Waals surface area contributed by atoms with Gasteiger partial charge in [0.25, 0.3) is 0 Å². The predicted octanol–water partition coefficient (Wildman–Crippen LogP) is 3.25. The van der Waals surface area contributed by atoms with Gasteiger partial charge in [-0.2, -0.15) is 0 Å². The highest BCUT2D eigenvalue weighted by Gasteiger charge is 2.18. The number of piperazine rings is 1. The van der Waals surface area contributed by atoms with Crippen LogP contribution in [0.5, 0.6) is 0 Å². The van der Waals surface area contributed by atoms with Gasteiger partial charge in [-0.1, -0.05) is 36.4 Å². The van der Waals surface area contributed by atoms with Crippen molar-refractivity contribution in [2.24, 2.45) is 0 Å². The van der Waals surface area contributed by atoms with Crippen LogP contribution in [0.15, 0.2) is 30.3 Å². The Kier molecular flexibility index (Phi) is 5.17. The van der Waals surface area contributed by atoms with Crippen molar-refractivity contribution in [1.82, 2.24) is 9.80 Å². The van der Waals surface area contributed by atoms with Crippen LogP contribution in [0.1, 0.15) is 31.9 Å². The molecular formula is C17H26N2. The molecule has 0 spiro atoms. The first-order valence-corrected chi connectivity index (χ1v) is 7.37. The maximum atomic E-state index is 2.56. The zero-order valence-corrected chi connectivity index (χ0v) is 12.5. The second-order valence-electron chi connectivity index (χ2n) is 5.65. The Labute approximate surface area is 117 Å². The molecule has 1 aromatic rings. The third-order valence-corrected chi connectivity index (χ3v) is 3.88. The predicted molar refractivity (Wildman–Crippen MR) is 83.1 cm³/mol. The van der Waals surface area contributed by atoms with Crippen LogP contribution in [0.4, 0.5) is 0 Å². The number of hydrogen-bond donors (Lipinski definition) is 0. The van der Waals surface area contributed by atoms with E-state index in [4.69, 9.17) is 0 Å². The summed E-state index contributed by atoms with van der Waals surface area (Å²) >= 11 is 0. The van der Waals surface area contributed by atoms with E-state index < -0.39 is 0 Å². The van der Waals surface area contributed by atoms with Gasteiger partial charge >= 0.3 is 0 Å². The molecule has 0 atom stereocenters. The van der Waals surface area contributed by atoms with E-state index in [-0.39, 0.29) is 0 Å². The summed E-state index contributed by atoms with van der Waals surface area (Å²) in [5.74, 6) is 0. The summed E-state index contributed by atoms with van der Waals surface area (Å²) < 4.78 is 0. The summed E-state index contributed by atoms with van der Waals surface area (Å²) in [7, 11) is 0. The van der Waals surface area contributed by atoms with E-state index in [0.717, 1.165) is 6.54 Å². The van der Waals surface area contributed by atoms with Gasteiger partial charge in [0.2, 0.25) is 0 Å². The van der Waals surface area contributed by atoms with Crippen LogP contribution in [0.3, 0.4) is 0 Å². The minimum atomic E-state index is 0.683. The number of allylic oxidation sites excluding steroid dienone is 1. The lowest BCUT2D eigenvalue weighted by Gasteiger charge is -2.36. The summed E-state index contributed by atoms with van der Waals surface area (Å²) in [6.45, 7) is 12.5. The lowest BCUT2D eigenvalue weighted by molar-refractivity contribution is 0.104. The van der Waals surface area contributed by atoms with Gasteiger partial charge in [0.05, 0.1) is 0 Å². The topological polar surface area (TPSA) is 6.48 Å². The van der Waals surface area contributed by atoms with E-state index in [0.29, 0.717) is 6.04 Å². The quantitative estimate of drug-likeness (QED) is 0.818. The fourth-order valence-electron chi connectivity index (χ4n) is 2.62. The van der Waals surface area contributed by atoms with Crippen LogP contribution < -0.4 is 0 Å². The third-order valence-electron chi connectivity index (χ3n) is 3.88. The lowest BCUT2D eigenvalue weighted by Crippen LogP contribution is -2.48. The minimum Gasteiger partial charge on any atom is -0.298 e. The van der Waals surface area contributed by atoms with Gasteiger partial charge in [0.1, 0.15) is 0 Å². The highest BCUT2D eigenvalue weighted by Crippen LogP contribution is 2.12. The van der Waals surface area contributed by atoms with Gasteiger partial charge in [-0.15, -0.1) is 0 Å². The fraction of sp³-hybridized carbons (Fsp3) is 0.529. The van der Waals surface area contributed by atoms with Crippen LogP contribution in [0.25, 0.3) is 6.08 Å². The summed E-state index contributed by atoms with van der Waals surface area (Å²) in [5, 5.41) is 0. The number of rotatable bonds is 4. The van der Waals surface area contributed by atoms with Crippen molar-refractivity contribution in [3.63, 3.8) is 0 Å². The lowest BCUT2D eigenvalue weighted by atomic mass is 10.1. The number of benzene rings is 1. The Morgan fingerprint density at radius 3 is 2.21 bits per heavy atom. The van der Waals surface area contributed by atoms with Gasteiger partial charge in [0, 0.05) is 38.8 Å². The molecule has 0 aliphatic carbocycles. The Hall–Kier alpha value is -1.12. The largest absolute Gasteiger partial charge is 0.298 e. The molecule has 1 heterocycles. The SMILES string of the molecule is C/C=C/c1ccc(CN2CCN(C(C)C)CC2)cc1. The minimum absolute atomic E-state index is 0.683. The van der Waals surface area contributed by atoms with Crippen molar-refractivity contribution >= 4 is 6.08 Å². The standard InChI is InChI=1S/C17H26N2/c1-4-5-16-6-8-17(9-7-16)14-18-10-12-19(13-11-18)15(2)3/h4-9,15H,10-14H2,1-3H3/b5-4+. The van der Waals surface area contributed by atoms with Gasteiger partial charge in [-0.3, -0.25) is 9.80 Å². The maximum absolute atomic E-state index is 2.56. The molecule has 19 heavy (non-hydrogen) atoms. The van der Waals surface area contributed by atoms with Crippen LogP contribution in [-0.4, -0.2) is 42.0 Å². The van der Waals surface area contributed by atoms with E-state index >= 15 is 0 Å². The smallest absolute Gasteiger partial charge is 0.0234 e. The van der Waals surface area contributed by atoms with Crippen molar-refractivity contribution in [3.05, 3.63) is 41.5 Å². The van der Waals surface area contributed by atoms with Gasteiger partial charge in [-0.25, -0.2) is 0 Å². The highest BCUT2D eigenvalue weighted by atomic mass is 15.3. The Morgan fingerprint density at radius 2 is 1.68 bits per heavy atom. The Bertz CT molecular complexity index is 398. The number of hydrogen-bond acceptors (Lipinski definition) is 2. The van der Waals surface area contributed by atoms with E-state index in [2.05, 4.69) is 67.0 Å². The second kappa shape index (κ2) is 6.88. The van der Waals surface area contributed by atoms with Gasteiger partial charge < -0.3 is 0 Å². The summed E-state index contributed by atoms with van der Waals surface area (Å²) in [4.78, 5) is 5.12. The van der Waals surface area contributed by atoms with E-state index in [1.807, 2.05) is 0 Å². The molecule has 0 amide bonds. The Morgan fingerprint density at radius 1 is 1.05 bits per heavy atom. The normalized spacial score (nSPS) is 18.5. The first kappa shape index (κ1) is 14.3. The average Bonchev–Trinajstić information content (AvgIpc) is 2.42. The molecule has 2 rings (SSSR count). The molecule has 0 radical (unpaired) electrons. The maximum Gasteiger partial charge on any atom is 0.0234 e. The molecule has 0 N–H and O–H groups in total. The zero-order valence-electron chi connectivity index (χ0n) is 12.5. The zero-order chi connectivity index (χ0) is 13.7. The molecule has 0 aromatic heterocycles. The van der Waals surface area contributed by atoms with Crippen molar-refractivity contribution in [2.45, 2.75) is 33.4 Å². The molecule has 1 fully saturated rings. The molecule has 2 nitrogen and oxygen atoms in total. The fourth-order valence-corrected chi connectivity index (χ4v) is 2.62. The summed E-state index contributed by atoms with van der Waals surface area (Å²) in [6, 6.07) is 9.61. The van der Waals surface area contributed by atoms with Crippen LogP contribution in [0.2, 0.25) is 0 Å². The molecule has 1 aliphatic heterocycles. The van der Waals surface area contributed by atoms with Crippen LogP contribution in [-0.2, 0) is 6.54 Å². The molecular weight excluding hydrogens is 232 g/mol. The van der Waals surface area contributed by atoms with Crippen molar-refractivity contribution < 1.29 is 0 Å².